The van der Waals surface area contributed by atoms with Gasteiger partial charge < -0.3 is 5.32 Å². The fraction of sp³-hybridized carbons (Fsp3) is 0.727. The lowest BCUT2D eigenvalue weighted by Gasteiger charge is -2.03. The lowest BCUT2D eigenvalue weighted by Crippen LogP contribution is -2.14. The van der Waals surface area contributed by atoms with E-state index in [0.29, 0.717) is 0 Å². The second-order valence-corrected chi connectivity index (χ2v) is 5.52. The third-order valence-electron chi connectivity index (χ3n) is 2.33. The third-order valence-corrected chi connectivity index (χ3v) is 3.96. The van der Waals surface area contributed by atoms with Crippen LogP contribution >= 0.6 is 23.1 Å². The van der Waals surface area contributed by atoms with Crippen molar-refractivity contribution in [2.75, 3.05) is 18.6 Å². The van der Waals surface area contributed by atoms with E-state index in [-0.39, 0.29) is 0 Å². The van der Waals surface area contributed by atoms with Gasteiger partial charge in [-0.3, -0.25) is 0 Å². The predicted octanol–water partition coefficient (Wildman–Crippen LogP) is 3.07. The van der Waals surface area contributed by atoms with Gasteiger partial charge in [0.15, 0.2) is 0 Å². The monoisotopic (exact) mass is 244 g/mol. The predicted molar refractivity (Wildman–Crippen MR) is 70.8 cm³/mol. The molecule has 1 aromatic heterocycles. The summed E-state index contributed by atoms with van der Waals surface area (Å²) in [6.07, 6.45) is 6.15. The minimum Gasteiger partial charge on any atom is -0.312 e. The highest BCUT2D eigenvalue weighted by atomic mass is 32.2. The number of hydrogen-bond donors (Lipinski definition) is 1. The van der Waals surface area contributed by atoms with Crippen molar-refractivity contribution in [1.82, 2.24) is 10.3 Å². The first-order valence-corrected chi connectivity index (χ1v) is 7.70. The molecule has 1 rings (SSSR count). The minimum atomic E-state index is 0.985. The standard InChI is InChI=1S/C11H20N2S2/c1-10-11(15-9-13-10)8-12-6-4-3-5-7-14-2/h9,12H,3-8H2,1-2H3. The van der Waals surface area contributed by atoms with Crippen LogP contribution in [-0.2, 0) is 6.54 Å². The molecule has 0 bridgehead atoms. The second-order valence-electron chi connectivity index (χ2n) is 3.59. The molecule has 4 heteroatoms. The molecule has 1 heterocycles. The number of thioether (sulfide) groups is 1. The SMILES string of the molecule is CSCCCCCNCc1scnc1C. The molecule has 86 valence electrons. The van der Waals surface area contributed by atoms with E-state index in [9.17, 15) is 0 Å². The van der Waals surface area contributed by atoms with Crippen LogP contribution in [0, 0.1) is 6.92 Å². The van der Waals surface area contributed by atoms with Gasteiger partial charge in [0.1, 0.15) is 0 Å². The molecule has 0 fully saturated rings. The molecule has 0 aliphatic rings. The lowest BCUT2D eigenvalue weighted by molar-refractivity contribution is 0.620. The van der Waals surface area contributed by atoms with Crippen LogP contribution in [0.25, 0.3) is 0 Å². The molecule has 1 N–H and O–H groups in total. The summed E-state index contributed by atoms with van der Waals surface area (Å²) in [5.41, 5.74) is 3.10. The summed E-state index contributed by atoms with van der Waals surface area (Å²) >= 11 is 3.68. The molecular formula is C11H20N2S2. The largest absolute Gasteiger partial charge is 0.312 e. The van der Waals surface area contributed by atoms with Crippen molar-refractivity contribution in [3.63, 3.8) is 0 Å². The topological polar surface area (TPSA) is 24.9 Å². The average Bonchev–Trinajstić information content (AvgIpc) is 2.63. The third kappa shape index (κ3) is 5.54. The van der Waals surface area contributed by atoms with Crippen molar-refractivity contribution < 1.29 is 0 Å². The maximum Gasteiger partial charge on any atom is 0.0798 e. The van der Waals surface area contributed by atoms with E-state index in [1.54, 1.807) is 11.3 Å². The lowest BCUT2D eigenvalue weighted by atomic mass is 10.2. The van der Waals surface area contributed by atoms with E-state index < -0.39 is 0 Å². The van der Waals surface area contributed by atoms with Crippen LogP contribution in [0.15, 0.2) is 5.51 Å². The summed E-state index contributed by atoms with van der Waals surface area (Å²) in [5, 5.41) is 3.47. The Morgan fingerprint density at radius 1 is 1.40 bits per heavy atom. The summed E-state index contributed by atoms with van der Waals surface area (Å²) < 4.78 is 0. The number of unbranched alkanes of at least 4 members (excludes halogenated alkanes) is 2. The van der Waals surface area contributed by atoms with Gasteiger partial charge in [0.05, 0.1) is 11.2 Å². The van der Waals surface area contributed by atoms with Gasteiger partial charge in [-0.05, 0) is 38.3 Å². The number of rotatable bonds is 8. The summed E-state index contributed by atoms with van der Waals surface area (Å²) in [6.45, 7) is 4.19. The zero-order valence-electron chi connectivity index (χ0n) is 9.58. The molecule has 0 unspecified atom stereocenters. The van der Waals surface area contributed by atoms with E-state index in [4.69, 9.17) is 0 Å². The maximum absolute atomic E-state index is 4.23. The first-order valence-electron chi connectivity index (χ1n) is 5.43. The normalized spacial score (nSPS) is 10.8. The Kier molecular flexibility index (Phi) is 7.05. The van der Waals surface area contributed by atoms with Gasteiger partial charge in [-0.1, -0.05) is 6.42 Å². The number of nitrogens with one attached hydrogen (secondary N) is 1. The minimum absolute atomic E-state index is 0.985. The van der Waals surface area contributed by atoms with E-state index in [1.165, 1.54) is 35.6 Å². The summed E-state index contributed by atoms with van der Waals surface area (Å²) in [5.74, 6) is 1.30. The Morgan fingerprint density at radius 3 is 2.93 bits per heavy atom. The molecule has 0 atom stereocenters. The molecule has 2 nitrogen and oxygen atoms in total. The maximum atomic E-state index is 4.23. The number of aromatic nitrogens is 1. The van der Waals surface area contributed by atoms with E-state index in [1.807, 2.05) is 17.3 Å². The highest BCUT2D eigenvalue weighted by Crippen LogP contribution is 2.11. The van der Waals surface area contributed by atoms with Gasteiger partial charge in [-0.2, -0.15) is 11.8 Å². The Balaban J connectivity index is 1.96. The van der Waals surface area contributed by atoms with Crippen LogP contribution in [0.2, 0.25) is 0 Å². The molecule has 0 saturated carbocycles. The van der Waals surface area contributed by atoms with Gasteiger partial charge in [0.25, 0.3) is 0 Å². The number of aryl methyl sites for hydroxylation is 1. The molecule has 0 aliphatic carbocycles. The fourth-order valence-corrected chi connectivity index (χ4v) is 2.61. The molecule has 0 spiro atoms. The van der Waals surface area contributed by atoms with Crippen molar-refractivity contribution in [3.8, 4) is 0 Å². The second kappa shape index (κ2) is 8.13. The van der Waals surface area contributed by atoms with Gasteiger partial charge in [0, 0.05) is 11.4 Å². The highest BCUT2D eigenvalue weighted by Gasteiger charge is 1.99. The molecule has 15 heavy (non-hydrogen) atoms. The molecule has 0 radical (unpaired) electrons. The van der Waals surface area contributed by atoms with Crippen LogP contribution in [0.4, 0.5) is 0 Å². The summed E-state index contributed by atoms with van der Waals surface area (Å²) in [4.78, 5) is 5.61. The van der Waals surface area contributed by atoms with Crippen molar-refractivity contribution in [2.45, 2.75) is 32.7 Å². The summed E-state index contributed by atoms with van der Waals surface area (Å²) in [7, 11) is 0. The molecule has 0 saturated heterocycles. The van der Waals surface area contributed by atoms with Crippen LogP contribution in [0.3, 0.4) is 0 Å². The fourth-order valence-electron chi connectivity index (χ4n) is 1.37. The Bertz CT molecular complexity index is 261. The van der Waals surface area contributed by atoms with Crippen molar-refractivity contribution in [1.29, 1.82) is 0 Å². The van der Waals surface area contributed by atoms with E-state index in [2.05, 4.69) is 23.5 Å². The van der Waals surface area contributed by atoms with Crippen molar-refractivity contribution in [2.24, 2.45) is 0 Å². The van der Waals surface area contributed by atoms with Gasteiger partial charge in [0.2, 0.25) is 0 Å². The molecule has 0 aromatic carbocycles. The zero-order chi connectivity index (χ0) is 10.9. The van der Waals surface area contributed by atoms with E-state index in [0.717, 1.165) is 13.1 Å². The number of hydrogen-bond acceptors (Lipinski definition) is 4. The Hall–Kier alpha value is -0.0600. The van der Waals surface area contributed by atoms with Gasteiger partial charge >= 0.3 is 0 Å². The zero-order valence-corrected chi connectivity index (χ0v) is 11.2. The van der Waals surface area contributed by atoms with Crippen LogP contribution in [0.5, 0.6) is 0 Å². The number of thiazole rings is 1. The van der Waals surface area contributed by atoms with Gasteiger partial charge in [-0.15, -0.1) is 11.3 Å². The highest BCUT2D eigenvalue weighted by molar-refractivity contribution is 7.98. The molecular weight excluding hydrogens is 224 g/mol. The van der Waals surface area contributed by atoms with Gasteiger partial charge in [-0.25, -0.2) is 4.98 Å². The Labute approximate surface area is 101 Å². The van der Waals surface area contributed by atoms with Crippen LogP contribution in [0.1, 0.15) is 29.8 Å². The molecule has 0 aliphatic heterocycles. The molecule has 1 aromatic rings. The van der Waals surface area contributed by atoms with E-state index >= 15 is 0 Å². The number of nitrogens with zero attached hydrogens (tertiary/aromatic N) is 1. The average molecular weight is 244 g/mol. The first kappa shape index (κ1) is 13.0. The van der Waals surface area contributed by atoms with Crippen LogP contribution < -0.4 is 5.32 Å². The van der Waals surface area contributed by atoms with Crippen molar-refractivity contribution >= 4 is 23.1 Å². The smallest absolute Gasteiger partial charge is 0.0798 e. The summed E-state index contributed by atoms with van der Waals surface area (Å²) in [6, 6.07) is 0. The molecule has 0 amide bonds. The van der Waals surface area contributed by atoms with Crippen molar-refractivity contribution in [3.05, 3.63) is 16.1 Å². The van der Waals surface area contributed by atoms with Crippen LogP contribution in [-0.4, -0.2) is 23.5 Å². The Morgan fingerprint density at radius 2 is 2.27 bits per heavy atom. The quantitative estimate of drug-likeness (QED) is 0.711. The first-order chi connectivity index (χ1) is 7.34.